The van der Waals surface area contributed by atoms with Crippen LogP contribution in [0.3, 0.4) is 0 Å². The van der Waals surface area contributed by atoms with Gasteiger partial charge in [0.2, 0.25) is 5.91 Å². The molecule has 0 bridgehead atoms. The Morgan fingerprint density at radius 3 is 2.76 bits per heavy atom. The van der Waals surface area contributed by atoms with E-state index in [4.69, 9.17) is 9.47 Å². The third-order valence-corrected chi connectivity index (χ3v) is 4.68. The molecule has 1 unspecified atom stereocenters. The minimum Gasteiger partial charge on any atom is -0.493 e. The number of guanidine groups is 1. The Hall–Kier alpha value is -1.71. The predicted octanol–water partition coefficient (Wildman–Crippen LogP) is 3.74. The van der Waals surface area contributed by atoms with Crippen molar-refractivity contribution in [3.8, 4) is 11.5 Å². The normalized spacial score (nSPS) is 16.6. The van der Waals surface area contributed by atoms with Crippen LogP contribution in [0.4, 0.5) is 5.69 Å². The molecule has 1 fully saturated rings. The van der Waals surface area contributed by atoms with Crippen LogP contribution in [0.1, 0.15) is 40.0 Å². The van der Waals surface area contributed by atoms with Crippen molar-refractivity contribution in [2.45, 2.75) is 40.0 Å². The minimum atomic E-state index is 0. The average molecular weight is 518 g/mol. The molecule has 1 aliphatic heterocycles. The number of ether oxygens (including phenoxy) is 2. The van der Waals surface area contributed by atoms with Crippen LogP contribution in [0.2, 0.25) is 0 Å². The molecule has 0 spiro atoms. The Bertz CT molecular complexity index is 669. The van der Waals surface area contributed by atoms with Gasteiger partial charge in [0.25, 0.3) is 0 Å². The molecular formula is C21H35IN4O3. The van der Waals surface area contributed by atoms with Gasteiger partial charge in [-0.3, -0.25) is 9.79 Å². The molecular weight excluding hydrogens is 483 g/mol. The van der Waals surface area contributed by atoms with Gasteiger partial charge in [-0.05, 0) is 44.7 Å². The third kappa shape index (κ3) is 8.28. The number of carbonyl (C=O) groups is 1. The van der Waals surface area contributed by atoms with Crippen molar-refractivity contribution < 1.29 is 14.3 Å². The summed E-state index contributed by atoms with van der Waals surface area (Å²) in [6.07, 6.45) is 2.73. The van der Waals surface area contributed by atoms with Gasteiger partial charge in [0.1, 0.15) is 0 Å². The highest BCUT2D eigenvalue weighted by Crippen LogP contribution is 2.30. The maximum absolute atomic E-state index is 12.4. The lowest BCUT2D eigenvalue weighted by Crippen LogP contribution is -2.39. The number of likely N-dealkylation sites (tertiary alicyclic amines) is 1. The molecule has 0 radical (unpaired) electrons. The van der Waals surface area contributed by atoms with E-state index in [0.29, 0.717) is 42.9 Å². The zero-order chi connectivity index (χ0) is 20.4. The number of amides is 1. The lowest BCUT2D eigenvalue weighted by atomic mass is 10.00. The SMILES string of the molecule is CCNC(=NCCC(=O)N1CCCC(C)C1)Nc1ccc(OCC)c(OC)c1.I. The summed E-state index contributed by atoms with van der Waals surface area (Å²) < 4.78 is 10.9. The summed E-state index contributed by atoms with van der Waals surface area (Å²) in [7, 11) is 1.62. The highest BCUT2D eigenvalue weighted by atomic mass is 127. The Balaban J connectivity index is 0.00000420. The summed E-state index contributed by atoms with van der Waals surface area (Å²) >= 11 is 0. The van der Waals surface area contributed by atoms with Gasteiger partial charge in [-0.25, -0.2) is 0 Å². The topological polar surface area (TPSA) is 75.2 Å². The van der Waals surface area contributed by atoms with E-state index in [-0.39, 0.29) is 29.9 Å². The summed E-state index contributed by atoms with van der Waals surface area (Å²) in [4.78, 5) is 18.9. The van der Waals surface area contributed by atoms with E-state index >= 15 is 0 Å². The maximum atomic E-state index is 12.4. The van der Waals surface area contributed by atoms with E-state index in [9.17, 15) is 4.79 Å². The van der Waals surface area contributed by atoms with E-state index in [2.05, 4.69) is 22.5 Å². The molecule has 1 aliphatic rings. The molecule has 1 amide bonds. The predicted molar refractivity (Wildman–Crippen MR) is 129 cm³/mol. The first-order valence-electron chi connectivity index (χ1n) is 10.2. The fourth-order valence-electron chi connectivity index (χ4n) is 3.30. The van der Waals surface area contributed by atoms with Crippen LogP contribution in [0, 0.1) is 5.92 Å². The monoisotopic (exact) mass is 518 g/mol. The maximum Gasteiger partial charge on any atom is 0.224 e. The van der Waals surface area contributed by atoms with Crippen molar-refractivity contribution in [2.24, 2.45) is 10.9 Å². The van der Waals surface area contributed by atoms with E-state index in [1.54, 1.807) is 7.11 Å². The van der Waals surface area contributed by atoms with Crippen molar-refractivity contribution in [1.82, 2.24) is 10.2 Å². The number of halogens is 1. The number of carbonyl (C=O) groups excluding carboxylic acids is 1. The lowest BCUT2D eigenvalue weighted by molar-refractivity contribution is -0.132. The number of benzene rings is 1. The van der Waals surface area contributed by atoms with Crippen LogP contribution in [0.15, 0.2) is 23.2 Å². The van der Waals surface area contributed by atoms with Gasteiger partial charge in [0, 0.05) is 37.8 Å². The van der Waals surface area contributed by atoms with Crippen molar-refractivity contribution in [3.05, 3.63) is 18.2 Å². The van der Waals surface area contributed by atoms with Crippen molar-refractivity contribution in [1.29, 1.82) is 0 Å². The summed E-state index contributed by atoms with van der Waals surface area (Å²) in [6.45, 7) is 9.66. The molecule has 8 heteroatoms. The Kier molecular flexibility index (Phi) is 11.8. The molecule has 1 atom stereocenters. The summed E-state index contributed by atoms with van der Waals surface area (Å²) in [6, 6.07) is 5.66. The van der Waals surface area contributed by atoms with Crippen LogP contribution in [-0.4, -0.2) is 56.7 Å². The van der Waals surface area contributed by atoms with Crippen LogP contribution in [0.5, 0.6) is 11.5 Å². The highest BCUT2D eigenvalue weighted by Gasteiger charge is 2.20. The molecule has 29 heavy (non-hydrogen) atoms. The molecule has 1 heterocycles. The number of piperidine rings is 1. The smallest absolute Gasteiger partial charge is 0.224 e. The standard InChI is InChI=1S/C21H34N4O3.HI/c1-5-22-21(23-12-11-20(26)25-13-7-8-16(3)15-25)24-17-9-10-18(28-6-2)19(14-17)27-4;/h9-10,14,16H,5-8,11-13,15H2,1-4H3,(H2,22,23,24);1H. The van der Waals surface area contributed by atoms with Gasteiger partial charge in [-0.2, -0.15) is 0 Å². The fraction of sp³-hybridized carbons (Fsp3) is 0.619. The van der Waals surface area contributed by atoms with Crippen LogP contribution >= 0.6 is 24.0 Å². The van der Waals surface area contributed by atoms with Gasteiger partial charge >= 0.3 is 0 Å². The van der Waals surface area contributed by atoms with Crippen LogP contribution in [0.25, 0.3) is 0 Å². The molecule has 0 aliphatic carbocycles. The molecule has 7 nitrogen and oxygen atoms in total. The molecule has 164 valence electrons. The molecule has 1 aromatic carbocycles. The average Bonchev–Trinajstić information content (AvgIpc) is 2.69. The summed E-state index contributed by atoms with van der Waals surface area (Å²) in [5.41, 5.74) is 0.844. The molecule has 2 N–H and O–H groups in total. The number of nitrogens with one attached hydrogen (secondary N) is 2. The Labute approximate surface area is 191 Å². The first kappa shape index (κ1) is 25.3. The van der Waals surface area contributed by atoms with E-state index < -0.39 is 0 Å². The van der Waals surface area contributed by atoms with Crippen LogP contribution in [-0.2, 0) is 4.79 Å². The van der Waals surface area contributed by atoms with E-state index in [1.807, 2.05) is 36.9 Å². The quantitative estimate of drug-likeness (QED) is 0.312. The zero-order valence-electron chi connectivity index (χ0n) is 18.0. The number of hydrogen-bond acceptors (Lipinski definition) is 4. The number of methoxy groups -OCH3 is 1. The van der Waals surface area contributed by atoms with Crippen molar-refractivity contribution in [3.63, 3.8) is 0 Å². The van der Waals surface area contributed by atoms with Gasteiger partial charge in [0.15, 0.2) is 17.5 Å². The fourth-order valence-corrected chi connectivity index (χ4v) is 3.30. The number of hydrogen-bond donors (Lipinski definition) is 2. The molecule has 0 saturated carbocycles. The number of aliphatic imine (C=N–C) groups is 1. The number of nitrogens with zero attached hydrogens (tertiary/aromatic N) is 2. The van der Waals surface area contributed by atoms with Gasteiger partial charge in [-0.15, -0.1) is 24.0 Å². The van der Waals surface area contributed by atoms with Gasteiger partial charge < -0.3 is 25.0 Å². The lowest BCUT2D eigenvalue weighted by Gasteiger charge is -2.30. The first-order chi connectivity index (χ1) is 13.6. The first-order valence-corrected chi connectivity index (χ1v) is 10.2. The highest BCUT2D eigenvalue weighted by molar-refractivity contribution is 14.0. The van der Waals surface area contributed by atoms with Crippen molar-refractivity contribution >= 4 is 41.5 Å². The van der Waals surface area contributed by atoms with Crippen molar-refractivity contribution in [2.75, 3.05) is 45.2 Å². The largest absolute Gasteiger partial charge is 0.493 e. The van der Waals surface area contributed by atoms with E-state index in [1.165, 1.54) is 6.42 Å². The Morgan fingerprint density at radius 2 is 2.10 bits per heavy atom. The van der Waals surface area contributed by atoms with Crippen LogP contribution < -0.4 is 20.1 Å². The molecule has 1 aromatic rings. The second-order valence-corrected chi connectivity index (χ2v) is 7.02. The molecule has 2 rings (SSSR count). The second kappa shape index (κ2) is 13.5. The third-order valence-electron chi connectivity index (χ3n) is 4.68. The molecule has 0 aromatic heterocycles. The zero-order valence-corrected chi connectivity index (χ0v) is 20.3. The van der Waals surface area contributed by atoms with E-state index in [0.717, 1.165) is 31.7 Å². The number of rotatable bonds is 8. The van der Waals surface area contributed by atoms with Gasteiger partial charge in [-0.1, -0.05) is 6.92 Å². The molecule has 1 saturated heterocycles. The summed E-state index contributed by atoms with van der Waals surface area (Å²) in [5, 5.41) is 6.47. The summed E-state index contributed by atoms with van der Waals surface area (Å²) in [5.74, 6) is 2.80. The minimum absolute atomic E-state index is 0. The number of anilines is 1. The second-order valence-electron chi connectivity index (χ2n) is 7.02. The Morgan fingerprint density at radius 1 is 1.31 bits per heavy atom. The van der Waals surface area contributed by atoms with Gasteiger partial charge in [0.05, 0.1) is 20.3 Å².